The van der Waals surface area contributed by atoms with E-state index >= 15 is 0 Å². The third kappa shape index (κ3) is 7.75. The number of H-pyrrole nitrogens is 2. The highest BCUT2D eigenvalue weighted by Gasteiger charge is 2.52. The molecule has 296 valence electrons. The van der Waals surface area contributed by atoms with Gasteiger partial charge in [0.1, 0.15) is 17.7 Å². The number of likely N-dealkylation sites (tertiary alicyclic amines) is 1. The maximum Gasteiger partial charge on any atom is 0.407 e. The first kappa shape index (κ1) is 37.9. The van der Waals surface area contributed by atoms with E-state index in [9.17, 15) is 14.4 Å². The van der Waals surface area contributed by atoms with E-state index in [2.05, 4.69) is 79.1 Å². The Labute approximate surface area is 332 Å². The van der Waals surface area contributed by atoms with Crippen molar-refractivity contribution in [3.05, 3.63) is 96.5 Å². The number of alkyl carbamates (subject to hydrolysis) is 1. The van der Waals surface area contributed by atoms with E-state index in [1.165, 1.54) is 7.11 Å². The summed E-state index contributed by atoms with van der Waals surface area (Å²) in [6.45, 7) is 4.85. The summed E-state index contributed by atoms with van der Waals surface area (Å²) in [5.74, 6) is 2.83. The molecular weight excluding hydrogens is 721 g/mol. The summed E-state index contributed by atoms with van der Waals surface area (Å²) in [6.07, 6.45) is 9.76. The van der Waals surface area contributed by atoms with E-state index in [4.69, 9.17) is 14.5 Å². The van der Waals surface area contributed by atoms with E-state index in [0.29, 0.717) is 30.8 Å². The molecule has 8 rings (SSSR count). The molecule has 3 amide bonds. The molecule has 4 N–H and O–H groups in total. The highest BCUT2D eigenvalue weighted by atomic mass is 16.5. The number of fused-ring (bicyclic) bond motifs is 2. The Bertz CT molecular complexity index is 2200. The van der Waals surface area contributed by atoms with Gasteiger partial charge in [0.05, 0.1) is 50.0 Å². The summed E-state index contributed by atoms with van der Waals surface area (Å²) in [6, 6.07) is 19.7. The van der Waals surface area contributed by atoms with Crippen molar-refractivity contribution in [2.24, 2.45) is 23.7 Å². The second kappa shape index (κ2) is 16.2. The van der Waals surface area contributed by atoms with Crippen molar-refractivity contribution in [3.8, 4) is 39.5 Å². The number of benzene rings is 2. The highest BCUT2D eigenvalue weighted by Crippen LogP contribution is 2.56. The number of imidazole rings is 2. The number of ether oxygens (including phenoxy) is 2. The van der Waals surface area contributed by atoms with Crippen LogP contribution in [0.15, 0.2) is 79.3 Å². The zero-order valence-corrected chi connectivity index (χ0v) is 32.8. The average Bonchev–Trinajstić information content (AvgIpc) is 4.10. The fraction of sp³-hybridized carbons (Fsp3) is 0.409. The number of hydrogen-bond donors (Lipinski definition) is 4. The molecule has 13 heteroatoms. The van der Waals surface area contributed by atoms with Gasteiger partial charge in [-0.2, -0.15) is 0 Å². The largest absolute Gasteiger partial charge is 0.481 e. The van der Waals surface area contributed by atoms with Crippen molar-refractivity contribution in [1.82, 2.24) is 40.5 Å². The molecule has 13 nitrogen and oxygen atoms in total. The van der Waals surface area contributed by atoms with E-state index in [1.807, 2.05) is 43.3 Å². The van der Waals surface area contributed by atoms with Crippen LogP contribution in [0.4, 0.5) is 4.79 Å². The topological polar surface area (TPSA) is 167 Å². The molecule has 1 aliphatic heterocycles. The summed E-state index contributed by atoms with van der Waals surface area (Å²) < 4.78 is 9.92. The van der Waals surface area contributed by atoms with Crippen molar-refractivity contribution in [2.75, 3.05) is 20.8 Å². The number of nitrogens with one attached hydrogen (secondary N) is 4. The molecule has 0 spiro atoms. The van der Waals surface area contributed by atoms with Gasteiger partial charge in [-0.3, -0.25) is 9.59 Å². The van der Waals surface area contributed by atoms with Crippen LogP contribution in [0.2, 0.25) is 0 Å². The molecule has 0 radical (unpaired) electrons. The van der Waals surface area contributed by atoms with Gasteiger partial charge in [0.15, 0.2) is 0 Å². The molecule has 2 aliphatic carbocycles. The maximum atomic E-state index is 13.6. The Morgan fingerprint density at radius 1 is 0.789 bits per heavy atom. The van der Waals surface area contributed by atoms with Crippen LogP contribution in [0.25, 0.3) is 33.6 Å². The van der Waals surface area contributed by atoms with Crippen LogP contribution < -0.4 is 15.4 Å². The summed E-state index contributed by atoms with van der Waals surface area (Å²) in [7, 11) is 2.88. The predicted molar refractivity (Wildman–Crippen MR) is 215 cm³/mol. The van der Waals surface area contributed by atoms with Crippen molar-refractivity contribution in [1.29, 1.82) is 0 Å². The van der Waals surface area contributed by atoms with Gasteiger partial charge in [-0.1, -0.05) is 68.4 Å². The van der Waals surface area contributed by atoms with Gasteiger partial charge in [0, 0.05) is 31.3 Å². The molecule has 2 aromatic carbocycles. The Balaban J connectivity index is 0.910. The minimum Gasteiger partial charge on any atom is -0.481 e. The molecule has 3 aliphatic rings. The normalized spacial score (nSPS) is 21.8. The van der Waals surface area contributed by atoms with Gasteiger partial charge in [0.25, 0.3) is 0 Å². The number of pyridine rings is 1. The monoisotopic (exact) mass is 770 g/mol. The van der Waals surface area contributed by atoms with Crippen molar-refractivity contribution in [3.63, 3.8) is 0 Å². The fourth-order valence-corrected chi connectivity index (χ4v) is 9.19. The highest BCUT2D eigenvalue weighted by molar-refractivity contribution is 5.86. The quantitative estimate of drug-likeness (QED) is 0.105. The lowest BCUT2D eigenvalue weighted by atomic mass is 9.78. The summed E-state index contributed by atoms with van der Waals surface area (Å²) in [5, 5.41) is 5.88. The first-order chi connectivity index (χ1) is 27.7. The molecule has 57 heavy (non-hydrogen) atoms. The van der Waals surface area contributed by atoms with E-state index in [-0.39, 0.29) is 35.6 Å². The Morgan fingerprint density at radius 2 is 1.42 bits per heavy atom. The van der Waals surface area contributed by atoms with Crippen molar-refractivity contribution in [2.45, 2.75) is 70.5 Å². The van der Waals surface area contributed by atoms with E-state index in [1.54, 1.807) is 13.3 Å². The second-order valence-electron chi connectivity index (χ2n) is 15.9. The van der Waals surface area contributed by atoms with Crippen LogP contribution in [-0.2, 0) is 20.9 Å². The van der Waals surface area contributed by atoms with Gasteiger partial charge in [-0.15, -0.1) is 0 Å². The maximum absolute atomic E-state index is 13.6. The van der Waals surface area contributed by atoms with Crippen LogP contribution in [-0.4, -0.2) is 74.5 Å². The third-order valence-corrected chi connectivity index (χ3v) is 12.2. The first-order valence-corrected chi connectivity index (χ1v) is 19.9. The minimum atomic E-state index is -0.680. The third-order valence-electron chi connectivity index (χ3n) is 12.2. The second-order valence-corrected chi connectivity index (χ2v) is 15.9. The van der Waals surface area contributed by atoms with Crippen LogP contribution in [0.5, 0.6) is 5.88 Å². The molecule has 2 bridgehead atoms. The number of carbonyl (C=O) groups excluding carboxylic acids is 3. The van der Waals surface area contributed by atoms with Gasteiger partial charge < -0.3 is 35.0 Å². The lowest BCUT2D eigenvalue weighted by Gasteiger charge is -2.30. The average molecular weight is 771 g/mol. The van der Waals surface area contributed by atoms with Crippen LogP contribution in [0.1, 0.15) is 75.1 Å². The molecular formula is C44H50N8O5. The number of amides is 3. The zero-order chi connectivity index (χ0) is 39.6. The van der Waals surface area contributed by atoms with Crippen LogP contribution in [0.3, 0.4) is 0 Å². The van der Waals surface area contributed by atoms with Crippen molar-refractivity contribution < 1.29 is 23.9 Å². The Morgan fingerprint density at radius 3 is 2.04 bits per heavy atom. The number of aromatic nitrogens is 5. The van der Waals surface area contributed by atoms with E-state index < -0.39 is 12.1 Å². The number of carbonyl (C=O) groups is 3. The number of rotatable bonds is 12. The SMILES string of the molecule is COC(=O)N[C@H](C(=O)N1CCC[C@H]1c1ncc(-c2ccc(-c3ccc(-c4cnc([C@@H]5C6CCC(C6)C5C(=O)NCc5ccc(OC)nc5)[nH]4)cc3)cc2)[nH]1)C(C)C. The lowest BCUT2D eigenvalue weighted by Crippen LogP contribution is -2.51. The first-order valence-electron chi connectivity index (χ1n) is 19.9. The van der Waals surface area contributed by atoms with Gasteiger partial charge >= 0.3 is 6.09 Å². The molecule has 3 fully saturated rings. The summed E-state index contributed by atoms with van der Waals surface area (Å²) in [4.78, 5) is 61.8. The zero-order valence-electron chi connectivity index (χ0n) is 32.8. The summed E-state index contributed by atoms with van der Waals surface area (Å²) >= 11 is 0. The lowest BCUT2D eigenvalue weighted by molar-refractivity contribution is -0.135. The fourth-order valence-electron chi connectivity index (χ4n) is 9.19. The van der Waals surface area contributed by atoms with Crippen LogP contribution >= 0.6 is 0 Å². The smallest absolute Gasteiger partial charge is 0.407 e. The predicted octanol–water partition coefficient (Wildman–Crippen LogP) is 7.03. The molecule has 3 unspecified atom stereocenters. The number of nitrogens with zero attached hydrogens (tertiary/aromatic N) is 4. The van der Waals surface area contributed by atoms with Crippen LogP contribution in [0, 0.1) is 23.7 Å². The minimum absolute atomic E-state index is 0.0717. The standard InChI is InChI=1S/C44H50N8O5/c1-25(2)39(51-44(55)57-4)43(54)52-19-5-6-35(52)40-46-23-33(49-40)29-12-8-27(9-13-29)28-10-14-30(15-11-28)34-24-47-41(50-34)37-31-16-17-32(20-31)38(37)42(53)48-22-26-7-18-36(56-3)45-21-26/h7-15,18,21,23-25,31-32,35,37-39H,5-6,16-17,19-20,22H2,1-4H3,(H,46,49)(H,47,50)(H,48,53)(H,51,55)/t31?,32?,35-,37+,38?,39-/m0/s1. The Hall–Kier alpha value is -5.98. The summed E-state index contributed by atoms with van der Waals surface area (Å²) in [5.41, 5.74) is 6.96. The molecule has 2 saturated carbocycles. The molecule has 1 saturated heterocycles. The van der Waals surface area contributed by atoms with Gasteiger partial charge in [0.2, 0.25) is 17.7 Å². The number of methoxy groups -OCH3 is 2. The molecule has 3 aromatic heterocycles. The Kier molecular flexibility index (Phi) is 10.8. The number of hydrogen-bond acceptors (Lipinski definition) is 8. The van der Waals surface area contributed by atoms with E-state index in [0.717, 1.165) is 83.0 Å². The van der Waals surface area contributed by atoms with Gasteiger partial charge in [-0.25, -0.2) is 19.7 Å². The van der Waals surface area contributed by atoms with Gasteiger partial charge in [-0.05, 0) is 77.7 Å². The molecule has 6 atom stereocenters. The molecule has 5 aromatic rings. The van der Waals surface area contributed by atoms with Crippen molar-refractivity contribution >= 4 is 17.9 Å². The molecule has 4 heterocycles. The number of aromatic amines is 2.